The molecule has 1 aromatic carbocycles. The van der Waals surface area contributed by atoms with Crippen LogP contribution >= 0.6 is 0 Å². The summed E-state index contributed by atoms with van der Waals surface area (Å²) in [7, 11) is 1.58. The molecule has 7 heteroatoms. The van der Waals surface area contributed by atoms with Crippen molar-refractivity contribution in [1.29, 1.82) is 0 Å². The highest BCUT2D eigenvalue weighted by atomic mass is 16.5. The average Bonchev–Trinajstić information content (AvgIpc) is 2.66. The molecule has 0 atom stereocenters. The number of methoxy groups -OCH3 is 1. The van der Waals surface area contributed by atoms with Gasteiger partial charge in [0.05, 0.1) is 25.0 Å². The van der Waals surface area contributed by atoms with E-state index in [0.29, 0.717) is 36.5 Å². The number of Topliss-reactive ketones (excluding diaryl/α,β-unsaturated/α-hetero) is 2. The van der Waals surface area contributed by atoms with E-state index in [1.807, 2.05) is 0 Å². The molecule has 1 aromatic heterocycles. The Morgan fingerprint density at radius 2 is 1.68 bits per heavy atom. The molecular formula is C18H18N4O3. The van der Waals surface area contributed by atoms with Gasteiger partial charge in [0.25, 0.3) is 0 Å². The van der Waals surface area contributed by atoms with Gasteiger partial charge < -0.3 is 15.4 Å². The monoisotopic (exact) mass is 338 g/mol. The molecule has 7 nitrogen and oxygen atoms in total. The van der Waals surface area contributed by atoms with Gasteiger partial charge in [-0.15, -0.1) is 0 Å². The van der Waals surface area contributed by atoms with Gasteiger partial charge in [-0.25, -0.2) is 0 Å². The number of hydrogen-bond acceptors (Lipinski definition) is 7. The Balaban J connectivity index is 1.91. The lowest BCUT2D eigenvalue weighted by Gasteiger charge is -2.22. The summed E-state index contributed by atoms with van der Waals surface area (Å²) in [6.45, 7) is 1.13. The van der Waals surface area contributed by atoms with Gasteiger partial charge in [0.15, 0.2) is 0 Å². The van der Waals surface area contributed by atoms with Gasteiger partial charge in [-0.2, -0.15) is 0 Å². The van der Waals surface area contributed by atoms with Gasteiger partial charge in [-0.05, 0) is 0 Å². The molecule has 3 rings (SSSR count). The standard InChI is InChI=1S/C18H18N4O3/c1-25-9-8-21-15-16(22-11-12-10-19-6-7-20-12)18(24)14-5-3-2-4-13(14)17(15)23/h2-7,10,21-22H,8-9,11H2,1H3. The van der Waals surface area contributed by atoms with Crippen molar-refractivity contribution in [2.45, 2.75) is 6.54 Å². The van der Waals surface area contributed by atoms with Gasteiger partial charge in [0, 0.05) is 37.2 Å². The van der Waals surface area contributed by atoms with E-state index in [4.69, 9.17) is 4.74 Å². The predicted octanol–water partition coefficient (Wildman–Crippen LogP) is 1.09. The minimum absolute atomic E-state index is 0.215. The maximum absolute atomic E-state index is 12.8. The zero-order chi connectivity index (χ0) is 17.6. The molecule has 0 saturated carbocycles. The molecule has 0 radical (unpaired) electrons. The van der Waals surface area contributed by atoms with Crippen LogP contribution in [0.1, 0.15) is 26.4 Å². The molecule has 25 heavy (non-hydrogen) atoms. The van der Waals surface area contributed by atoms with E-state index in [-0.39, 0.29) is 23.0 Å². The molecular weight excluding hydrogens is 320 g/mol. The Labute approximate surface area is 145 Å². The second-order valence-corrected chi connectivity index (χ2v) is 5.42. The van der Waals surface area contributed by atoms with Crippen molar-refractivity contribution in [3.05, 3.63) is 71.1 Å². The first kappa shape index (κ1) is 16.8. The third-order valence-corrected chi connectivity index (χ3v) is 3.79. The highest BCUT2D eigenvalue weighted by Gasteiger charge is 2.31. The first-order chi connectivity index (χ1) is 12.2. The average molecular weight is 338 g/mol. The number of allylic oxidation sites excluding steroid dienone is 2. The first-order valence-electron chi connectivity index (χ1n) is 7.86. The fraction of sp³-hybridized carbons (Fsp3) is 0.222. The number of carbonyl (C=O) groups is 2. The molecule has 2 aromatic rings. The van der Waals surface area contributed by atoms with Crippen molar-refractivity contribution in [1.82, 2.24) is 20.6 Å². The van der Waals surface area contributed by atoms with Crippen LogP contribution in [0.2, 0.25) is 0 Å². The van der Waals surface area contributed by atoms with Gasteiger partial charge in [-0.1, -0.05) is 24.3 Å². The quantitative estimate of drug-likeness (QED) is 0.730. The topological polar surface area (TPSA) is 93.2 Å². The minimum atomic E-state index is -0.223. The SMILES string of the molecule is COCCNC1=C(NCc2cnccn2)C(=O)c2ccccc2C1=O. The van der Waals surface area contributed by atoms with E-state index in [0.717, 1.165) is 0 Å². The fourth-order valence-electron chi connectivity index (χ4n) is 2.59. The fourth-order valence-corrected chi connectivity index (χ4v) is 2.59. The van der Waals surface area contributed by atoms with Gasteiger partial charge in [-0.3, -0.25) is 19.6 Å². The third-order valence-electron chi connectivity index (χ3n) is 3.79. The summed E-state index contributed by atoms with van der Waals surface area (Å²) in [6.07, 6.45) is 4.76. The van der Waals surface area contributed by atoms with Crippen molar-refractivity contribution in [2.75, 3.05) is 20.3 Å². The Morgan fingerprint density at radius 1 is 1.00 bits per heavy atom. The van der Waals surface area contributed by atoms with E-state index in [9.17, 15) is 9.59 Å². The normalized spacial score (nSPS) is 13.6. The zero-order valence-corrected chi connectivity index (χ0v) is 13.8. The van der Waals surface area contributed by atoms with Crippen LogP contribution < -0.4 is 10.6 Å². The number of fused-ring (bicyclic) bond motifs is 1. The van der Waals surface area contributed by atoms with Crippen LogP contribution in [-0.2, 0) is 11.3 Å². The van der Waals surface area contributed by atoms with Crippen LogP contribution in [0.4, 0.5) is 0 Å². The molecule has 0 amide bonds. The summed E-state index contributed by atoms with van der Waals surface area (Å²) < 4.78 is 5.01. The number of nitrogens with one attached hydrogen (secondary N) is 2. The van der Waals surface area contributed by atoms with Crippen molar-refractivity contribution >= 4 is 11.6 Å². The largest absolute Gasteiger partial charge is 0.383 e. The van der Waals surface area contributed by atoms with Gasteiger partial charge in [0.2, 0.25) is 11.6 Å². The number of ketones is 2. The molecule has 2 N–H and O–H groups in total. The van der Waals surface area contributed by atoms with Crippen LogP contribution in [0.3, 0.4) is 0 Å². The Morgan fingerprint density at radius 3 is 2.28 bits per heavy atom. The zero-order valence-electron chi connectivity index (χ0n) is 13.8. The number of benzene rings is 1. The summed E-state index contributed by atoms with van der Waals surface area (Å²) in [6, 6.07) is 6.81. The number of rotatable bonds is 7. The van der Waals surface area contributed by atoms with Crippen LogP contribution in [0.15, 0.2) is 54.3 Å². The molecule has 128 valence electrons. The molecule has 0 unspecified atom stereocenters. The number of nitrogens with zero attached hydrogens (tertiary/aromatic N) is 2. The molecule has 0 spiro atoms. The molecule has 0 aliphatic heterocycles. The molecule has 0 bridgehead atoms. The number of carbonyl (C=O) groups excluding carboxylic acids is 2. The summed E-state index contributed by atoms with van der Waals surface area (Å²) >= 11 is 0. The lowest BCUT2D eigenvalue weighted by molar-refractivity contribution is 0.0960. The van der Waals surface area contributed by atoms with Crippen molar-refractivity contribution in [3.63, 3.8) is 0 Å². The molecule has 1 aliphatic rings. The third kappa shape index (κ3) is 3.56. The molecule has 0 fully saturated rings. The second kappa shape index (κ2) is 7.67. The minimum Gasteiger partial charge on any atom is -0.383 e. The van der Waals surface area contributed by atoms with Crippen molar-refractivity contribution in [2.24, 2.45) is 0 Å². The van der Waals surface area contributed by atoms with E-state index >= 15 is 0 Å². The molecule has 0 saturated heterocycles. The van der Waals surface area contributed by atoms with Crippen molar-refractivity contribution in [3.8, 4) is 0 Å². The summed E-state index contributed by atoms with van der Waals surface area (Å²) in [5.74, 6) is -0.438. The Hall–Kier alpha value is -3.06. The smallest absolute Gasteiger partial charge is 0.211 e. The van der Waals surface area contributed by atoms with Crippen LogP contribution in [-0.4, -0.2) is 41.8 Å². The maximum atomic E-state index is 12.8. The lowest BCUT2D eigenvalue weighted by atomic mass is 9.90. The molecule has 1 heterocycles. The summed E-state index contributed by atoms with van der Waals surface area (Å²) in [4.78, 5) is 33.8. The number of hydrogen-bond donors (Lipinski definition) is 2. The van der Waals surface area contributed by atoms with Crippen LogP contribution in [0.5, 0.6) is 0 Å². The van der Waals surface area contributed by atoms with Gasteiger partial charge >= 0.3 is 0 Å². The Bertz CT molecular complexity index is 818. The summed E-state index contributed by atoms with van der Waals surface area (Å²) in [5, 5.41) is 6.06. The number of aromatic nitrogens is 2. The van der Waals surface area contributed by atoms with E-state index in [1.54, 1.807) is 50.0 Å². The maximum Gasteiger partial charge on any atom is 0.211 e. The van der Waals surface area contributed by atoms with Crippen LogP contribution in [0, 0.1) is 0 Å². The number of ether oxygens (including phenoxy) is 1. The van der Waals surface area contributed by atoms with E-state index in [1.165, 1.54) is 0 Å². The highest BCUT2D eigenvalue weighted by Crippen LogP contribution is 2.23. The molecule has 1 aliphatic carbocycles. The van der Waals surface area contributed by atoms with E-state index in [2.05, 4.69) is 20.6 Å². The second-order valence-electron chi connectivity index (χ2n) is 5.42. The predicted molar refractivity (Wildman–Crippen MR) is 90.9 cm³/mol. The van der Waals surface area contributed by atoms with Gasteiger partial charge in [0.1, 0.15) is 11.4 Å². The highest BCUT2D eigenvalue weighted by molar-refractivity contribution is 6.26. The lowest BCUT2D eigenvalue weighted by Crippen LogP contribution is -2.37. The van der Waals surface area contributed by atoms with Crippen LogP contribution in [0.25, 0.3) is 0 Å². The summed E-state index contributed by atoms with van der Waals surface area (Å²) in [5.41, 5.74) is 1.96. The first-order valence-corrected chi connectivity index (χ1v) is 7.86. The van der Waals surface area contributed by atoms with E-state index < -0.39 is 0 Å². The van der Waals surface area contributed by atoms with Crippen molar-refractivity contribution < 1.29 is 14.3 Å². The Kier molecular flexibility index (Phi) is 5.15.